The molecule has 1 amide bonds. The van der Waals surface area contributed by atoms with Gasteiger partial charge in [-0.2, -0.15) is 9.57 Å². The molecule has 0 aromatic heterocycles. The van der Waals surface area contributed by atoms with Crippen LogP contribution in [0.1, 0.15) is 36.8 Å². The number of hydrogen-bond donors (Lipinski definition) is 1. The topological polar surface area (TPSA) is 99.5 Å². The third-order valence-corrected chi connectivity index (χ3v) is 7.03. The molecule has 1 aliphatic heterocycles. The SMILES string of the molecule is Cc1ccc(NC(=O)COc2cccc(C#N)c2)cc1S(=O)(=O)N1CCCCCC1. The highest BCUT2D eigenvalue weighted by Crippen LogP contribution is 2.26. The quantitative estimate of drug-likeness (QED) is 0.761. The Kier molecular flexibility index (Phi) is 7.08. The van der Waals surface area contributed by atoms with Crippen molar-refractivity contribution in [2.24, 2.45) is 0 Å². The minimum Gasteiger partial charge on any atom is -0.484 e. The lowest BCUT2D eigenvalue weighted by Crippen LogP contribution is -2.32. The number of nitrogens with zero attached hydrogens (tertiary/aromatic N) is 2. The Labute approximate surface area is 177 Å². The first kappa shape index (κ1) is 21.8. The molecule has 30 heavy (non-hydrogen) atoms. The van der Waals surface area contributed by atoms with Gasteiger partial charge in [-0.05, 0) is 55.7 Å². The molecule has 0 bridgehead atoms. The van der Waals surface area contributed by atoms with Gasteiger partial charge >= 0.3 is 0 Å². The Morgan fingerprint density at radius 3 is 2.57 bits per heavy atom. The van der Waals surface area contributed by atoms with Crippen LogP contribution in [0, 0.1) is 18.3 Å². The van der Waals surface area contributed by atoms with E-state index in [0.717, 1.165) is 25.7 Å². The molecule has 0 spiro atoms. The van der Waals surface area contributed by atoms with E-state index in [0.29, 0.717) is 35.7 Å². The molecule has 3 rings (SSSR count). The van der Waals surface area contributed by atoms with E-state index in [4.69, 9.17) is 10.00 Å². The van der Waals surface area contributed by atoms with Crippen LogP contribution in [-0.4, -0.2) is 38.3 Å². The lowest BCUT2D eigenvalue weighted by atomic mass is 10.2. The van der Waals surface area contributed by atoms with Gasteiger partial charge in [0.15, 0.2) is 6.61 Å². The van der Waals surface area contributed by atoms with Gasteiger partial charge in [-0.1, -0.05) is 25.0 Å². The van der Waals surface area contributed by atoms with Crippen molar-refractivity contribution in [3.05, 3.63) is 53.6 Å². The molecule has 1 saturated heterocycles. The Balaban J connectivity index is 1.69. The van der Waals surface area contributed by atoms with Crippen LogP contribution in [0.5, 0.6) is 5.75 Å². The smallest absolute Gasteiger partial charge is 0.262 e. The number of anilines is 1. The zero-order valence-corrected chi connectivity index (χ0v) is 17.7. The predicted octanol–water partition coefficient (Wildman–Crippen LogP) is 3.45. The van der Waals surface area contributed by atoms with Crippen molar-refractivity contribution in [2.45, 2.75) is 37.5 Å². The summed E-state index contributed by atoms with van der Waals surface area (Å²) in [6.45, 7) is 2.54. The molecule has 0 aliphatic carbocycles. The van der Waals surface area contributed by atoms with Gasteiger partial charge in [0.1, 0.15) is 5.75 Å². The maximum atomic E-state index is 13.1. The normalized spacial score (nSPS) is 15.1. The summed E-state index contributed by atoms with van der Waals surface area (Å²) in [6, 6.07) is 13.4. The second kappa shape index (κ2) is 9.74. The average Bonchev–Trinajstić information content (AvgIpc) is 3.04. The van der Waals surface area contributed by atoms with Crippen molar-refractivity contribution < 1.29 is 17.9 Å². The first-order valence-electron chi connectivity index (χ1n) is 9.94. The molecular weight excluding hydrogens is 402 g/mol. The zero-order chi connectivity index (χ0) is 21.6. The first-order chi connectivity index (χ1) is 14.4. The standard InChI is InChI=1S/C22H25N3O4S/c1-17-9-10-19(14-21(17)30(27,28)25-11-4-2-3-5-12-25)24-22(26)16-29-20-8-6-7-18(13-20)15-23/h6-10,13-14H,2-5,11-12,16H2,1H3,(H,24,26). The second-order valence-electron chi connectivity index (χ2n) is 7.28. The van der Waals surface area contributed by atoms with Crippen LogP contribution in [-0.2, 0) is 14.8 Å². The van der Waals surface area contributed by atoms with Crippen LogP contribution >= 0.6 is 0 Å². The monoisotopic (exact) mass is 427 g/mol. The minimum absolute atomic E-state index is 0.213. The van der Waals surface area contributed by atoms with Gasteiger partial charge in [0.05, 0.1) is 16.5 Å². The van der Waals surface area contributed by atoms with Crippen LogP contribution < -0.4 is 10.1 Å². The Hall–Kier alpha value is -2.89. The first-order valence-corrected chi connectivity index (χ1v) is 11.4. The van der Waals surface area contributed by atoms with Gasteiger partial charge in [0, 0.05) is 18.8 Å². The molecule has 158 valence electrons. The van der Waals surface area contributed by atoms with E-state index in [1.807, 2.05) is 6.07 Å². The largest absolute Gasteiger partial charge is 0.484 e. The van der Waals surface area contributed by atoms with Crippen LogP contribution in [0.4, 0.5) is 5.69 Å². The molecule has 2 aromatic carbocycles. The third kappa shape index (κ3) is 5.38. The number of sulfonamides is 1. The number of amides is 1. The van der Waals surface area contributed by atoms with Crippen molar-refractivity contribution in [3.63, 3.8) is 0 Å². The molecule has 0 radical (unpaired) electrons. The molecule has 1 aliphatic rings. The van der Waals surface area contributed by atoms with Crippen molar-refractivity contribution in [2.75, 3.05) is 25.0 Å². The average molecular weight is 428 g/mol. The van der Waals surface area contributed by atoms with E-state index >= 15 is 0 Å². The summed E-state index contributed by atoms with van der Waals surface area (Å²) in [5.74, 6) is -0.00290. The van der Waals surface area contributed by atoms with Crippen LogP contribution in [0.2, 0.25) is 0 Å². The fraction of sp³-hybridized carbons (Fsp3) is 0.364. The number of carbonyl (C=O) groups is 1. The van der Waals surface area contributed by atoms with Crippen LogP contribution in [0.3, 0.4) is 0 Å². The summed E-state index contributed by atoms with van der Waals surface area (Å²) in [5, 5.41) is 11.6. The molecule has 0 atom stereocenters. The Bertz CT molecular complexity index is 1050. The molecular formula is C22H25N3O4S. The van der Waals surface area contributed by atoms with E-state index in [9.17, 15) is 13.2 Å². The highest BCUT2D eigenvalue weighted by atomic mass is 32.2. The maximum absolute atomic E-state index is 13.1. The van der Waals surface area contributed by atoms with E-state index in [1.54, 1.807) is 47.6 Å². The van der Waals surface area contributed by atoms with Gasteiger partial charge < -0.3 is 10.1 Å². The number of carbonyl (C=O) groups excluding carboxylic acids is 1. The van der Waals surface area contributed by atoms with Crippen LogP contribution in [0.15, 0.2) is 47.4 Å². The van der Waals surface area contributed by atoms with Crippen molar-refractivity contribution in [1.82, 2.24) is 4.31 Å². The summed E-state index contributed by atoms with van der Waals surface area (Å²) < 4.78 is 33.2. The maximum Gasteiger partial charge on any atom is 0.262 e. The van der Waals surface area contributed by atoms with E-state index in [2.05, 4.69) is 5.32 Å². The van der Waals surface area contributed by atoms with Crippen molar-refractivity contribution >= 4 is 21.6 Å². The van der Waals surface area contributed by atoms with E-state index in [-0.39, 0.29) is 11.5 Å². The van der Waals surface area contributed by atoms with Gasteiger partial charge in [0.25, 0.3) is 5.91 Å². The fourth-order valence-corrected chi connectivity index (χ4v) is 5.15. The molecule has 7 nitrogen and oxygen atoms in total. The Morgan fingerprint density at radius 2 is 1.87 bits per heavy atom. The minimum atomic E-state index is -3.62. The summed E-state index contributed by atoms with van der Waals surface area (Å²) in [6.07, 6.45) is 3.80. The molecule has 1 heterocycles. The molecule has 8 heteroatoms. The molecule has 0 saturated carbocycles. The fourth-order valence-electron chi connectivity index (χ4n) is 3.38. The number of aryl methyl sites for hydroxylation is 1. The highest BCUT2D eigenvalue weighted by molar-refractivity contribution is 7.89. The predicted molar refractivity (Wildman–Crippen MR) is 114 cm³/mol. The van der Waals surface area contributed by atoms with Gasteiger partial charge in [-0.3, -0.25) is 4.79 Å². The molecule has 2 aromatic rings. The van der Waals surface area contributed by atoms with E-state index in [1.165, 1.54) is 6.07 Å². The van der Waals surface area contributed by atoms with Crippen molar-refractivity contribution in [3.8, 4) is 11.8 Å². The molecule has 1 N–H and O–H groups in total. The number of hydrogen-bond acceptors (Lipinski definition) is 5. The van der Waals surface area contributed by atoms with Crippen LogP contribution in [0.25, 0.3) is 0 Å². The summed E-state index contributed by atoms with van der Waals surface area (Å²) in [5.41, 5.74) is 1.48. The van der Waals surface area contributed by atoms with E-state index < -0.39 is 15.9 Å². The summed E-state index contributed by atoms with van der Waals surface area (Å²) in [4.78, 5) is 12.5. The second-order valence-corrected chi connectivity index (χ2v) is 9.18. The Morgan fingerprint density at radius 1 is 1.13 bits per heavy atom. The van der Waals surface area contributed by atoms with Crippen molar-refractivity contribution in [1.29, 1.82) is 5.26 Å². The zero-order valence-electron chi connectivity index (χ0n) is 16.9. The van der Waals surface area contributed by atoms with Gasteiger partial charge in [0.2, 0.25) is 10.0 Å². The van der Waals surface area contributed by atoms with Gasteiger partial charge in [-0.15, -0.1) is 0 Å². The number of nitriles is 1. The number of rotatable bonds is 6. The lowest BCUT2D eigenvalue weighted by molar-refractivity contribution is -0.118. The highest BCUT2D eigenvalue weighted by Gasteiger charge is 2.27. The number of benzene rings is 2. The van der Waals surface area contributed by atoms with Gasteiger partial charge in [-0.25, -0.2) is 8.42 Å². The molecule has 1 fully saturated rings. The summed E-state index contributed by atoms with van der Waals surface area (Å²) >= 11 is 0. The summed E-state index contributed by atoms with van der Waals surface area (Å²) in [7, 11) is -3.62. The molecule has 0 unspecified atom stereocenters. The number of ether oxygens (including phenoxy) is 1. The number of nitrogens with one attached hydrogen (secondary N) is 1. The lowest BCUT2D eigenvalue weighted by Gasteiger charge is -2.21. The third-order valence-electron chi connectivity index (χ3n) is 4.99.